The van der Waals surface area contributed by atoms with Crippen molar-refractivity contribution in [1.29, 1.82) is 0 Å². The van der Waals surface area contributed by atoms with Gasteiger partial charge in [-0.15, -0.1) is 11.3 Å². The predicted octanol–water partition coefficient (Wildman–Crippen LogP) is 4.35. The molecule has 4 rings (SSSR count). The van der Waals surface area contributed by atoms with Crippen LogP contribution in [0.1, 0.15) is 27.0 Å². The molecule has 0 bridgehead atoms. The van der Waals surface area contributed by atoms with Crippen LogP contribution in [-0.4, -0.2) is 40.9 Å². The summed E-state index contributed by atoms with van der Waals surface area (Å²) in [5, 5.41) is 10.2. The molecule has 0 spiro atoms. The molecule has 0 fully saturated rings. The normalized spacial score (nSPS) is 16.0. The summed E-state index contributed by atoms with van der Waals surface area (Å²) in [5.74, 6) is -1.11. The van der Waals surface area contributed by atoms with Gasteiger partial charge in [-0.2, -0.15) is 0 Å². The molecular weight excluding hydrogens is 398 g/mol. The second kappa shape index (κ2) is 7.76. The number of pyridine rings is 1. The first-order chi connectivity index (χ1) is 14.4. The van der Waals surface area contributed by atoms with Crippen LogP contribution >= 0.6 is 11.3 Å². The monoisotopic (exact) mass is 419 g/mol. The van der Waals surface area contributed by atoms with E-state index >= 15 is 0 Å². The van der Waals surface area contributed by atoms with Crippen LogP contribution in [0.2, 0.25) is 0 Å². The third-order valence-corrected chi connectivity index (χ3v) is 6.02. The summed E-state index contributed by atoms with van der Waals surface area (Å²) in [4.78, 5) is 34.9. The maximum atomic E-state index is 12.8. The number of carbonyl (C=O) groups excluding carboxylic acids is 2. The van der Waals surface area contributed by atoms with Crippen molar-refractivity contribution in [1.82, 2.24) is 9.88 Å². The minimum Gasteiger partial charge on any atom is -0.503 e. The standard InChI is InChI=1S/C23H21N3O3S/c1-14-6-11-20(30-14)15-7-9-16(10-8-15)26-18(13-19(27)22(26)28)17-5-4-12-24-21(17)23(29)25(2)3/h4-13,18,27H,1-3H3. The Balaban J connectivity index is 1.73. The lowest BCUT2D eigenvalue weighted by atomic mass is 10.0. The summed E-state index contributed by atoms with van der Waals surface area (Å²) >= 11 is 1.70. The lowest BCUT2D eigenvalue weighted by Gasteiger charge is -2.26. The van der Waals surface area contributed by atoms with Gasteiger partial charge < -0.3 is 10.0 Å². The molecule has 152 valence electrons. The third-order valence-electron chi connectivity index (χ3n) is 4.97. The second-order valence-corrected chi connectivity index (χ2v) is 8.56. The van der Waals surface area contributed by atoms with Crippen LogP contribution in [0.5, 0.6) is 0 Å². The van der Waals surface area contributed by atoms with Gasteiger partial charge in [0.05, 0.1) is 6.04 Å². The largest absolute Gasteiger partial charge is 0.503 e. The summed E-state index contributed by atoms with van der Waals surface area (Å²) < 4.78 is 0. The van der Waals surface area contributed by atoms with Gasteiger partial charge in [0.1, 0.15) is 5.69 Å². The number of nitrogens with zero attached hydrogens (tertiary/aromatic N) is 3. The molecule has 1 N–H and O–H groups in total. The number of anilines is 1. The average molecular weight is 420 g/mol. The lowest BCUT2D eigenvalue weighted by Crippen LogP contribution is -2.32. The van der Waals surface area contributed by atoms with Gasteiger partial charge in [-0.1, -0.05) is 18.2 Å². The van der Waals surface area contributed by atoms with E-state index in [1.165, 1.54) is 20.8 Å². The molecule has 2 aromatic heterocycles. The van der Waals surface area contributed by atoms with E-state index in [0.717, 1.165) is 10.4 Å². The number of hydrogen-bond acceptors (Lipinski definition) is 5. The highest BCUT2D eigenvalue weighted by Crippen LogP contribution is 2.37. The molecule has 1 aliphatic heterocycles. The zero-order valence-corrected chi connectivity index (χ0v) is 17.7. The molecule has 1 atom stereocenters. The van der Waals surface area contributed by atoms with Gasteiger partial charge in [0, 0.05) is 41.3 Å². The maximum absolute atomic E-state index is 12.8. The highest BCUT2D eigenvalue weighted by molar-refractivity contribution is 7.15. The molecule has 1 aliphatic rings. The van der Waals surface area contributed by atoms with Crippen LogP contribution in [-0.2, 0) is 4.79 Å². The van der Waals surface area contributed by atoms with Crippen molar-refractivity contribution in [2.45, 2.75) is 13.0 Å². The van der Waals surface area contributed by atoms with Crippen LogP contribution in [0.15, 0.2) is 66.6 Å². The number of thiophene rings is 1. The first-order valence-corrected chi connectivity index (χ1v) is 10.3. The number of hydrogen-bond donors (Lipinski definition) is 1. The Morgan fingerprint density at radius 3 is 2.50 bits per heavy atom. The van der Waals surface area contributed by atoms with Crippen LogP contribution < -0.4 is 4.90 Å². The minimum atomic E-state index is -0.625. The number of amides is 2. The minimum absolute atomic E-state index is 0.252. The number of aliphatic hydroxyl groups is 1. The summed E-state index contributed by atoms with van der Waals surface area (Å²) in [7, 11) is 3.30. The van der Waals surface area contributed by atoms with E-state index in [9.17, 15) is 14.7 Å². The molecule has 6 nitrogen and oxygen atoms in total. The van der Waals surface area contributed by atoms with E-state index in [1.54, 1.807) is 43.8 Å². The van der Waals surface area contributed by atoms with E-state index in [-0.39, 0.29) is 17.4 Å². The summed E-state index contributed by atoms with van der Waals surface area (Å²) in [6.45, 7) is 2.06. The molecular formula is C23H21N3O3S. The number of carbonyl (C=O) groups is 2. The molecule has 1 aromatic carbocycles. The molecule has 3 aromatic rings. The number of benzene rings is 1. The molecule has 0 saturated carbocycles. The molecule has 0 aliphatic carbocycles. The average Bonchev–Trinajstić information content (AvgIpc) is 3.31. The number of aromatic nitrogens is 1. The van der Waals surface area contributed by atoms with Gasteiger partial charge in [-0.25, -0.2) is 0 Å². The van der Waals surface area contributed by atoms with Gasteiger partial charge in [-0.3, -0.25) is 19.5 Å². The van der Waals surface area contributed by atoms with Crippen molar-refractivity contribution < 1.29 is 14.7 Å². The Labute approximate surface area is 178 Å². The second-order valence-electron chi connectivity index (χ2n) is 7.27. The quantitative estimate of drug-likeness (QED) is 0.682. The van der Waals surface area contributed by atoms with E-state index in [1.807, 2.05) is 24.3 Å². The Morgan fingerprint density at radius 1 is 1.13 bits per heavy atom. The van der Waals surface area contributed by atoms with E-state index in [0.29, 0.717) is 11.3 Å². The first-order valence-electron chi connectivity index (χ1n) is 9.44. The fraction of sp³-hybridized carbons (Fsp3) is 0.174. The van der Waals surface area contributed by atoms with Crippen LogP contribution in [0.25, 0.3) is 10.4 Å². The molecule has 0 saturated heterocycles. The van der Waals surface area contributed by atoms with Gasteiger partial charge in [0.2, 0.25) is 0 Å². The Morgan fingerprint density at radius 2 is 1.87 bits per heavy atom. The van der Waals surface area contributed by atoms with Crippen molar-refractivity contribution in [2.75, 3.05) is 19.0 Å². The Bertz CT molecular complexity index is 1150. The molecule has 1 unspecified atom stereocenters. The van der Waals surface area contributed by atoms with E-state index in [4.69, 9.17) is 0 Å². The lowest BCUT2D eigenvalue weighted by molar-refractivity contribution is -0.117. The van der Waals surface area contributed by atoms with Gasteiger partial charge in [-0.05, 0) is 48.9 Å². The zero-order chi connectivity index (χ0) is 21.4. The van der Waals surface area contributed by atoms with Crippen LogP contribution in [0.3, 0.4) is 0 Å². The topological polar surface area (TPSA) is 73.7 Å². The Hall–Kier alpha value is -3.45. The Kier molecular flexibility index (Phi) is 5.13. The van der Waals surface area contributed by atoms with E-state index in [2.05, 4.69) is 24.0 Å². The van der Waals surface area contributed by atoms with Crippen LogP contribution in [0.4, 0.5) is 5.69 Å². The zero-order valence-electron chi connectivity index (χ0n) is 16.9. The summed E-state index contributed by atoms with van der Waals surface area (Å²) in [6.07, 6.45) is 3.01. The van der Waals surface area contributed by atoms with Gasteiger partial charge in [0.25, 0.3) is 11.8 Å². The fourth-order valence-electron chi connectivity index (χ4n) is 3.47. The molecule has 3 heterocycles. The van der Waals surface area contributed by atoms with Crippen molar-refractivity contribution in [3.05, 3.63) is 82.7 Å². The summed E-state index contributed by atoms with van der Waals surface area (Å²) in [6, 6.07) is 14.6. The maximum Gasteiger partial charge on any atom is 0.293 e. The highest BCUT2D eigenvalue weighted by atomic mass is 32.1. The van der Waals surface area contributed by atoms with Gasteiger partial charge >= 0.3 is 0 Å². The van der Waals surface area contributed by atoms with Crippen molar-refractivity contribution in [3.8, 4) is 10.4 Å². The fourth-order valence-corrected chi connectivity index (χ4v) is 4.35. The van der Waals surface area contributed by atoms with Crippen molar-refractivity contribution >= 4 is 28.8 Å². The van der Waals surface area contributed by atoms with Crippen molar-refractivity contribution in [2.24, 2.45) is 0 Å². The SMILES string of the molecule is Cc1ccc(-c2ccc(N3C(=O)C(O)=CC3c3cccnc3C(=O)N(C)C)cc2)s1. The highest BCUT2D eigenvalue weighted by Gasteiger charge is 2.37. The summed E-state index contributed by atoms with van der Waals surface area (Å²) in [5.41, 5.74) is 2.50. The molecule has 30 heavy (non-hydrogen) atoms. The smallest absolute Gasteiger partial charge is 0.293 e. The molecule has 0 radical (unpaired) electrons. The molecule has 2 amide bonds. The van der Waals surface area contributed by atoms with Crippen LogP contribution in [0, 0.1) is 6.92 Å². The third kappa shape index (κ3) is 3.48. The number of aryl methyl sites for hydroxylation is 1. The molecule has 7 heteroatoms. The number of rotatable bonds is 4. The first kappa shape index (κ1) is 19.8. The van der Waals surface area contributed by atoms with Gasteiger partial charge in [0.15, 0.2) is 5.76 Å². The van der Waals surface area contributed by atoms with E-state index < -0.39 is 11.9 Å². The van der Waals surface area contributed by atoms with Crippen molar-refractivity contribution in [3.63, 3.8) is 0 Å². The predicted molar refractivity (Wildman–Crippen MR) is 118 cm³/mol. The number of aliphatic hydroxyl groups excluding tert-OH is 1.